The molecule has 0 N–H and O–H groups in total. The summed E-state index contributed by atoms with van der Waals surface area (Å²) in [6, 6.07) is 3.33. The number of nitrogens with zero attached hydrogens (tertiary/aromatic N) is 4. The van der Waals surface area contributed by atoms with E-state index in [0.717, 1.165) is 63.9 Å². The maximum Gasteiger partial charge on any atom is 0.323 e. The van der Waals surface area contributed by atoms with Crippen LogP contribution in [-0.2, 0) is 16.1 Å². The molecule has 0 bridgehead atoms. The number of halogens is 1. The van der Waals surface area contributed by atoms with Crippen LogP contribution < -0.4 is 0 Å². The number of hydrogen-bond acceptors (Lipinski definition) is 5. The largest absolute Gasteiger partial charge is 0.468 e. The number of imidazole rings is 1. The number of rotatable bonds is 4. The highest BCUT2D eigenvalue weighted by Gasteiger charge is 2.34. The van der Waals surface area contributed by atoms with Crippen LogP contribution in [0.3, 0.4) is 0 Å². The van der Waals surface area contributed by atoms with Gasteiger partial charge < -0.3 is 14.0 Å². The minimum atomic E-state index is -0.288. The molecule has 2 fully saturated rings. The number of ether oxygens (including phenoxy) is 1. The number of esters is 1. The lowest BCUT2D eigenvalue weighted by Crippen LogP contribution is -2.38. The standard InChI is InChI=1S/C22H29ClN4O3/c1-30-22(29)17-8-7-13-26(17)15-18-20(24-19-10-9-16(23)14-27(18)19)21(28)25-11-5-3-2-4-6-12-25/h9-10,14,17H,2-8,11-13,15H2,1H3/t17-/m0/s1. The summed E-state index contributed by atoms with van der Waals surface area (Å²) in [5, 5.41) is 0.581. The first-order valence-corrected chi connectivity index (χ1v) is 11.2. The van der Waals surface area contributed by atoms with Gasteiger partial charge in [0.1, 0.15) is 11.7 Å². The second-order valence-corrected chi connectivity index (χ2v) is 8.63. The van der Waals surface area contributed by atoms with Gasteiger partial charge in [-0.15, -0.1) is 0 Å². The fourth-order valence-electron chi connectivity index (χ4n) is 4.60. The quantitative estimate of drug-likeness (QED) is 0.691. The fraction of sp³-hybridized carbons (Fsp3) is 0.591. The summed E-state index contributed by atoms with van der Waals surface area (Å²) in [6.07, 6.45) is 9.09. The third kappa shape index (κ3) is 4.32. The van der Waals surface area contributed by atoms with E-state index in [1.54, 1.807) is 12.3 Å². The molecule has 2 aliphatic heterocycles. The van der Waals surface area contributed by atoms with E-state index in [9.17, 15) is 9.59 Å². The fourth-order valence-corrected chi connectivity index (χ4v) is 4.76. The van der Waals surface area contributed by atoms with Gasteiger partial charge in [0, 0.05) is 25.8 Å². The third-order valence-corrected chi connectivity index (χ3v) is 6.44. The predicted molar refractivity (Wildman–Crippen MR) is 115 cm³/mol. The lowest BCUT2D eigenvalue weighted by molar-refractivity contribution is -0.146. The van der Waals surface area contributed by atoms with Gasteiger partial charge in [0.05, 0.1) is 17.8 Å². The maximum absolute atomic E-state index is 13.5. The smallest absolute Gasteiger partial charge is 0.323 e. The number of pyridine rings is 1. The number of aromatic nitrogens is 2. The zero-order chi connectivity index (χ0) is 21.1. The Morgan fingerprint density at radius 1 is 1.10 bits per heavy atom. The van der Waals surface area contributed by atoms with Crippen LogP contribution in [0.2, 0.25) is 5.02 Å². The Morgan fingerprint density at radius 2 is 1.83 bits per heavy atom. The first kappa shape index (κ1) is 21.1. The van der Waals surface area contributed by atoms with Crippen molar-refractivity contribution in [3.63, 3.8) is 0 Å². The molecule has 7 nitrogen and oxygen atoms in total. The van der Waals surface area contributed by atoms with Gasteiger partial charge in [-0.2, -0.15) is 0 Å². The molecule has 0 saturated carbocycles. The Bertz CT molecular complexity index is 920. The van der Waals surface area contributed by atoms with Gasteiger partial charge in [-0.25, -0.2) is 4.98 Å². The van der Waals surface area contributed by atoms with Crippen molar-refractivity contribution in [1.29, 1.82) is 0 Å². The minimum absolute atomic E-state index is 0.0273. The normalized spacial score (nSPS) is 20.9. The molecule has 0 spiro atoms. The number of methoxy groups -OCH3 is 1. The Hall–Kier alpha value is -2.12. The molecule has 2 aliphatic rings. The number of hydrogen-bond donors (Lipinski definition) is 0. The van der Waals surface area contributed by atoms with Gasteiger partial charge in [-0.05, 0) is 44.4 Å². The highest BCUT2D eigenvalue weighted by atomic mass is 35.5. The SMILES string of the molecule is COC(=O)[C@@H]1CCCN1Cc1c(C(=O)N2CCCCCCC2)nc2ccc(Cl)cn12. The summed E-state index contributed by atoms with van der Waals surface area (Å²) in [5.74, 6) is -0.253. The summed E-state index contributed by atoms with van der Waals surface area (Å²) in [7, 11) is 1.42. The van der Waals surface area contributed by atoms with Crippen molar-refractivity contribution in [3.8, 4) is 0 Å². The van der Waals surface area contributed by atoms with Crippen molar-refractivity contribution < 1.29 is 14.3 Å². The van der Waals surface area contributed by atoms with Crippen molar-refractivity contribution in [2.24, 2.45) is 0 Å². The number of likely N-dealkylation sites (tertiary alicyclic amines) is 2. The third-order valence-electron chi connectivity index (χ3n) is 6.22. The molecule has 2 saturated heterocycles. The van der Waals surface area contributed by atoms with E-state index >= 15 is 0 Å². The van der Waals surface area contributed by atoms with E-state index in [1.807, 2.05) is 15.4 Å². The van der Waals surface area contributed by atoms with Crippen molar-refractivity contribution in [3.05, 3.63) is 34.7 Å². The number of fused-ring (bicyclic) bond motifs is 1. The molecule has 1 atom stereocenters. The van der Waals surface area contributed by atoms with Crippen molar-refractivity contribution in [2.45, 2.75) is 57.5 Å². The van der Waals surface area contributed by atoms with Crippen LogP contribution in [0.15, 0.2) is 18.3 Å². The van der Waals surface area contributed by atoms with Crippen LogP contribution >= 0.6 is 11.6 Å². The topological polar surface area (TPSA) is 67.2 Å². The molecule has 4 heterocycles. The first-order valence-electron chi connectivity index (χ1n) is 10.9. The number of carbonyl (C=O) groups is 2. The van der Waals surface area contributed by atoms with Crippen LogP contribution in [0, 0.1) is 0 Å². The molecule has 2 aromatic heterocycles. The second-order valence-electron chi connectivity index (χ2n) is 8.19. The van der Waals surface area contributed by atoms with E-state index in [4.69, 9.17) is 16.3 Å². The summed E-state index contributed by atoms with van der Waals surface area (Å²) >= 11 is 6.25. The molecule has 1 amide bonds. The molecule has 8 heteroatoms. The van der Waals surface area contributed by atoms with Gasteiger partial charge in [0.2, 0.25) is 0 Å². The zero-order valence-electron chi connectivity index (χ0n) is 17.5. The van der Waals surface area contributed by atoms with Gasteiger partial charge in [-0.3, -0.25) is 14.5 Å². The molecular weight excluding hydrogens is 404 g/mol. The van der Waals surface area contributed by atoms with Crippen molar-refractivity contribution >= 4 is 29.1 Å². The molecule has 0 unspecified atom stereocenters. The van der Waals surface area contributed by atoms with Crippen LogP contribution in [0.25, 0.3) is 5.65 Å². The van der Waals surface area contributed by atoms with E-state index in [-0.39, 0.29) is 17.9 Å². The van der Waals surface area contributed by atoms with E-state index in [2.05, 4.69) is 9.88 Å². The Morgan fingerprint density at radius 3 is 2.57 bits per heavy atom. The minimum Gasteiger partial charge on any atom is -0.468 e. The highest BCUT2D eigenvalue weighted by Crippen LogP contribution is 2.25. The second kappa shape index (κ2) is 9.35. The number of amides is 1. The predicted octanol–water partition coefficient (Wildman–Crippen LogP) is 3.53. The number of carbonyl (C=O) groups excluding carboxylic acids is 2. The molecule has 2 aromatic rings. The van der Waals surface area contributed by atoms with Gasteiger partial charge in [-0.1, -0.05) is 30.9 Å². The van der Waals surface area contributed by atoms with Gasteiger partial charge in [0.15, 0.2) is 5.69 Å². The van der Waals surface area contributed by atoms with E-state index in [1.165, 1.54) is 13.5 Å². The lowest BCUT2D eigenvalue weighted by atomic mass is 10.1. The molecule has 30 heavy (non-hydrogen) atoms. The van der Waals surface area contributed by atoms with Gasteiger partial charge >= 0.3 is 5.97 Å². The Balaban J connectivity index is 1.69. The Kier molecular flexibility index (Phi) is 6.58. The van der Waals surface area contributed by atoms with Crippen molar-refractivity contribution in [1.82, 2.24) is 19.2 Å². The van der Waals surface area contributed by atoms with Crippen LogP contribution in [-0.4, -0.2) is 63.8 Å². The Labute approximate surface area is 181 Å². The first-order chi connectivity index (χ1) is 14.6. The molecule has 162 valence electrons. The summed E-state index contributed by atoms with van der Waals surface area (Å²) in [6.45, 7) is 2.77. The van der Waals surface area contributed by atoms with Crippen LogP contribution in [0.4, 0.5) is 0 Å². The molecule has 0 radical (unpaired) electrons. The average Bonchev–Trinajstić information content (AvgIpc) is 3.32. The lowest BCUT2D eigenvalue weighted by Gasteiger charge is -2.26. The molecular formula is C22H29ClN4O3. The zero-order valence-corrected chi connectivity index (χ0v) is 18.2. The van der Waals surface area contributed by atoms with E-state index in [0.29, 0.717) is 22.9 Å². The van der Waals surface area contributed by atoms with E-state index < -0.39 is 0 Å². The average molecular weight is 433 g/mol. The van der Waals surface area contributed by atoms with Crippen LogP contribution in [0.1, 0.15) is 61.1 Å². The molecule has 0 aliphatic carbocycles. The molecule has 4 rings (SSSR count). The monoisotopic (exact) mass is 432 g/mol. The van der Waals surface area contributed by atoms with Crippen molar-refractivity contribution in [2.75, 3.05) is 26.7 Å². The molecule has 0 aromatic carbocycles. The summed E-state index contributed by atoms with van der Waals surface area (Å²) in [5.41, 5.74) is 1.95. The summed E-state index contributed by atoms with van der Waals surface area (Å²) in [4.78, 5) is 34.4. The highest BCUT2D eigenvalue weighted by molar-refractivity contribution is 6.30. The maximum atomic E-state index is 13.5. The van der Waals surface area contributed by atoms with Gasteiger partial charge in [0.25, 0.3) is 5.91 Å². The van der Waals surface area contributed by atoms with Crippen LogP contribution in [0.5, 0.6) is 0 Å². The summed E-state index contributed by atoms with van der Waals surface area (Å²) < 4.78 is 6.88.